The minimum atomic E-state index is -0.529. The van der Waals surface area contributed by atoms with Crippen molar-refractivity contribution in [2.45, 2.75) is 0 Å². The summed E-state index contributed by atoms with van der Waals surface area (Å²) in [5.74, 6) is 0. The molecule has 2 aromatic carbocycles. The Bertz CT molecular complexity index is 1130. The first kappa shape index (κ1) is 16.1. The Morgan fingerprint density at radius 1 is 1.04 bits per heavy atom. The summed E-state index contributed by atoms with van der Waals surface area (Å²) in [4.78, 5) is 12.3. The van der Waals surface area contributed by atoms with Crippen LogP contribution >= 0.6 is 34.5 Å². The molecule has 0 bridgehead atoms. The number of rotatable bonds is 3. The van der Waals surface area contributed by atoms with Crippen LogP contribution < -0.4 is 10.9 Å². The third-order valence-corrected chi connectivity index (χ3v) is 4.80. The molecule has 0 fully saturated rings. The van der Waals surface area contributed by atoms with Gasteiger partial charge in [-0.15, -0.1) is 10.2 Å². The lowest BCUT2D eigenvalue weighted by Crippen LogP contribution is -2.02. The first-order chi connectivity index (χ1) is 12.1. The average molecular weight is 390 g/mol. The Morgan fingerprint density at radius 2 is 1.84 bits per heavy atom. The number of aromatic nitrogens is 2. The van der Waals surface area contributed by atoms with E-state index in [2.05, 4.69) is 15.5 Å². The van der Waals surface area contributed by atoms with Gasteiger partial charge in [0, 0.05) is 16.1 Å². The van der Waals surface area contributed by atoms with Gasteiger partial charge < -0.3 is 9.73 Å². The Labute approximate surface area is 155 Å². The van der Waals surface area contributed by atoms with E-state index in [0.717, 1.165) is 5.69 Å². The van der Waals surface area contributed by atoms with Crippen molar-refractivity contribution in [3.63, 3.8) is 0 Å². The van der Waals surface area contributed by atoms with Crippen LogP contribution in [0.2, 0.25) is 10.0 Å². The molecule has 4 aromatic rings. The van der Waals surface area contributed by atoms with Gasteiger partial charge in [-0.25, -0.2) is 4.79 Å². The molecule has 0 aliphatic rings. The van der Waals surface area contributed by atoms with Gasteiger partial charge in [0.05, 0.1) is 10.6 Å². The number of fused-ring (bicyclic) bond motifs is 1. The minimum Gasteiger partial charge on any atom is -0.421 e. The van der Waals surface area contributed by atoms with Crippen LogP contribution in [0.4, 0.5) is 10.8 Å². The lowest BCUT2D eigenvalue weighted by molar-refractivity contribution is 0.563. The van der Waals surface area contributed by atoms with Gasteiger partial charge in [0.2, 0.25) is 5.13 Å². The standard InChI is InChI=1S/C17H9Cl2N3O2S/c18-10-6-9-7-12(16(23)24-14(9)13(19)8-10)15-21-22-17(25-15)20-11-4-2-1-3-5-11/h1-8H,(H,20,22). The Balaban J connectivity index is 1.75. The fraction of sp³-hybridized carbons (Fsp3) is 0. The molecular formula is C17H9Cl2N3O2S. The lowest BCUT2D eigenvalue weighted by atomic mass is 10.2. The zero-order chi connectivity index (χ0) is 17.4. The predicted octanol–water partition coefficient (Wildman–Crippen LogP) is 5.36. The number of halogens is 2. The van der Waals surface area contributed by atoms with E-state index < -0.39 is 5.63 Å². The zero-order valence-electron chi connectivity index (χ0n) is 12.5. The van der Waals surface area contributed by atoms with Crippen molar-refractivity contribution in [2.24, 2.45) is 0 Å². The molecule has 8 heteroatoms. The maximum Gasteiger partial charge on any atom is 0.346 e. The van der Waals surface area contributed by atoms with E-state index in [0.29, 0.717) is 31.7 Å². The number of benzene rings is 2. The molecule has 0 saturated carbocycles. The molecular weight excluding hydrogens is 381 g/mol. The molecule has 4 rings (SSSR count). The van der Waals surface area contributed by atoms with Crippen molar-refractivity contribution in [3.05, 3.63) is 69.0 Å². The summed E-state index contributed by atoms with van der Waals surface area (Å²) >= 11 is 13.3. The molecule has 0 aliphatic heterocycles. The highest BCUT2D eigenvalue weighted by molar-refractivity contribution is 7.18. The number of anilines is 2. The number of hydrogen-bond acceptors (Lipinski definition) is 6. The maximum atomic E-state index is 12.3. The van der Waals surface area contributed by atoms with E-state index in [-0.39, 0.29) is 5.02 Å². The molecule has 0 unspecified atom stereocenters. The van der Waals surface area contributed by atoms with Crippen molar-refractivity contribution < 1.29 is 4.42 Å². The largest absolute Gasteiger partial charge is 0.421 e. The summed E-state index contributed by atoms with van der Waals surface area (Å²) in [6, 6.07) is 14.4. The highest BCUT2D eigenvalue weighted by atomic mass is 35.5. The number of hydrogen-bond donors (Lipinski definition) is 1. The average Bonchev–Trinajstić information content (AvgIpc) is 3.04. The van der Waals surface area contributed by atoms with Crippen molar-refractivity contribution in [1.29, 1.82) is 0 Å². The van der Waals surface area contributed by atoms with Gasteiger partial charge in [0.15, 0.2) is 10.6 Å². The van der Waals surface area contributed by atoms with Crippen LogP contribution in [0.15, 0.2) is 57.7 Å². The molecule has 0 saturated heterocycles. The van der Waals surface area contributed by atoms with Crippen molar-refractivity contribution in [2.75, 3.05) is 5.32 Å². The summed E-state index contributed by atoms with van der Waals surface area (Å²) in [6.07, 6.45) is 0. The van der Waals surface area contributed by atoms with Crippen molar-refractivity contribution in [1.82, 2.24) is 10.2 Å². The molecule has 5 nitrogen and oxygen atoms in total. The second kappa shape index (κ2) is 6.48. The van der Waals surface area contributed by atoms with E-state index in [4.69, 9.17) is 27.6 Å². The van der Waals surface area contributed by atoms with Gasteiger partial charge in [-0.3, -0.25) is 0 Å². The Hall–Kier alpha value is -2.41. The van der Waals surface area contributed by atoms with Crippen LogP contribution in [0.1, 0.15) is 0 Å². The van der Waals surface area contributed by atoms with E-state index in [1.165, 1.54) is 17.4 Å². The molecule has 2 heterocycles. The van der Waals surface area contributed by atoms with E-state index in [1.54, 1.807) is 12.1 Å². The molecule has 0 amide bonds. The third-order valence-electron chi connectivity index (χ3n) is 3.43. The monoisotopic (exact) mass is 389 g/mol. The van der Waals surface area contributed by atoms with Gasteiger partial charge >= 0.3 is 5.63 Å². The summed E-state index contributed by atoms with van der Waals surface area (Å²) in [6.45, 7) is 0. The SMILES string of the molecule is O=c1oc2c(Cl)cc(Cl)cc2cc1-c1nnc(Nc2ccccc2)s1. The van der Waals surface area contributed by atoms with Gasteiger partial charge in [-0.1, -0.05) is 52.7 Å². The molecule has 25 heavy (non-hydrogen) atoms. The van der Waals surface area contributed by atoms with Crippen LogP contribution in [0, 0.1) is 0 Å². The van der Waals surface area contributed by atoms with Crippen LogP contribution in [-0.2, 0) is 0 Å². The molecule has 0 aliphatic carbocycles. The number of para-hydroxylation sites is 1. The predicted molar refractivity (Wildman–Crippen MR) is 101 cm³/mol. The van der Waals surface area contributed by atoms with Gasteiger partial charge in [-0.2, -0.15) is 0 Å². The fourth-order valence-electron chi connectivity index (χ4n) is 2.33. The second-order valence-corrected chi connectivity index (χ2v) is 6.98. The zero-order valence-corrected chi connectivity index (χ0v) is 14.8. The first-order valence-corrected chi connectivity index (χ1v) is 8.76. The van der Waals surface area contributed by atoms with Gasteiger partial charge in [-0.05, 0) is 30.3 Å². The summed E-state index contributed by atoms with van der Waals surface area (Å²) in [5, 5.41) is 13.7. The third kappa shape index (κ3) is 3.24. The van der Waals surface area contributed by atoms with Crippen molar-refractivity contribution in [3.8, 4) is 10.6 Å². The van der Waals surface area contributed by atoms with Crippen LogP contribution in [0.3, 0.4) is 0 Å². The van der Waals surface area contributed by atoms with Crippen LogP contribution in [0.25, 0.3) is 21.5 Å². The second-order valence-electron chi connectivity index (χ2n) is 5.16. The molecule has 2 aromatic heterocycles. The quantitative estimate of drug-likeness (QED) is 0.477. The summed E-state index contributed by atoms with van der Waals surface area (Å²) < 4.78 is 5.33. The Morgan fingerprint density at radius 3 is 2.64 bits per heavy atom. The lowest BCUT2D eigenvalue weighted by Gasteiger charge is -2.02. The normalized spacial score (nSPS) is 11.0. The molecule has 1 N–H and O–H groups in total. The Kier molecular flexibility index (Phi) is 4.17. The van der Waals surface area contributed by atoms with E-state index in [1.807, 2.05) is 30.3 Å². The summed E-state index contributed by atoms with van der Waals surface area (Å²) in [5.41, 5.74) is 0.963. The minimum absolute atomic E-state index is 0.287. The number of nitrogens with zero attached hydrogens (tertiary/aromatic N) is 2. The van der Waals surface area contributed by atoms with Gasteiger partial charge in [0.1, 0.15) is 0 Å². The molecule has 0 radical (unpaired) electrons. The maximum absolute atomic E-state index is 12.3. The van der Waals surface area contributed by atoms with E-state index in [9.17, 15) is 4.79 Å². The molecule has 0 atom stereocenters. The highest BCUT2D eigenvalue weighted by Crippen LogP contribution is 2.31. The number of nitrogens with one attached hydrogen (secondary N) is 1. The van der Waals surface area contributed by atoms with Gasteiger partial charge in [0.25, 0.3) is 0 Å². The summed E-state index contributed by atoms with van der Waals surface area (Å²) in [7, 11) is 0. The first-order valence-electron chi connectivity index (χ1n) is 7.19. The molecule has 0 spiro atoms. The smallest absolute Gasteiger partial charge is 0.346 e. The van der Waals surface area contributed by atoms with Crippen LogP contribution in [0.5, 0.6) is 0 Å². The topological polar surface area (TPSA) is 68.0 Å². The van der Waals surface area contributed by atoms with E-state index >= 15 is 0 Å². The van der Waals surface area contributed by atoms with Crippen molar-refractivity contribution >= 4 is 56.3 Å². The fourth-order valence-corrected chi connectivity index (χ4v) is 3.65. The van der Waals surface area contributed by atoms with Crippen LogP contribution in [-0.4, -0.2) is 10.2 Å². The molecule has 124 valence electrons. The highest BCUT2D eigenvalue weighted by Gasteiger charge is 2.15.